The van der Waals surface area contributed by atoms with Crippen LogP contribution in [-0.4, -0.2) is 16.6 Å². The van der Waals surface area contributed by atoms with E-state index in [0.29, 0.717) is 5.88 Å². The Morgan fingerprint density at radius 2 is 1.79 bits per heavy atom. The van der Waals surface area contributed by atoms with E-state index in [1.54, 1.807) is 12.2 Å². The van der Waals surface area contributed by atoms with E-state index in [4.69, 9.17) is 46.4 Å². The molecule has 2 unspecified atom stereocenters. The molecule has 0 aliphatic heterocycles. The Bertz CT molecular complexity index is 177. The van der Waals surface area contributed by atoms with Gasteiger partial charge in [0.15, 0.2) is 0 Å². The summed E-state index contributed by atoms with van der Waals surface area (Å²) in [6.45, 7) is 0. The van der Waals surface area contributed by atoms with E-state index >= 15 is 0 Å². The van der Waals surface area contributed by atoms with Crippen LogP contribution in [0.2, 0.25) is 0 Å². The highest BCUT2D eigenvalue weighted by atomic mass is 35.5. The monoisotopic (exact) mass is 274 g/mol. The fraction of sp³-hybridized carbons (Fsp3) is 0.600. The molecule has 0 saturated heterocycles. The first kappa shape index (κ1) is 14.6. The first-order valence-corrected chi connectivity index (χ1v) is 6.34. The number of hydrogen-bond acceptors (Lipinski definition) is 0. The number of hydrogen-bond donors (Lipinski definition) is 0. The fourth-order valence-corrected chi connectivity index (χ4v) is 1.65. The molecule has 0 nitrogen and oxygen atoms in total. The number of alkyl halides is 3. The fourth-order valence-electron chi connectivity index (χ4n) is 0.926. The molecule has 0 saturated carbocycles. The van der Waals surface area contributed by atoms with Crippen molar-refractivity contribution in [2.75, 3.05) is 5.88 Å². The summed E-state index contributed by atoms with van der Waals surface area (Å²) >= 11 is 23.0. The molecule has 0 N–H and O–H groups in total. The minimum Gasteiger partial charge on any atom is -0.127 e. The summed E-state index contributed by atoms with van der Waals surface area (Å²) in [6, 6.07) is 0. The first-order valence-electron chi connectivity index (χ1n) is 4.50. The van der Waals surface area contributed by atoms with Crippen LogP contribution in [0.3, 0.4) is 0 Å². The van der Waals surface area contributed by atoms with Crippen LogP contribution in [0.15, 0.2) is 23.8 Å². The van der Waals surface area contributed by atoms with Gasteiger partial charge < -0.3 is 0 Å². The van der Waals surface area contributed by atoms with Crippen molar-refractivity contribution in [3.05, 3.63) is 23.8 Å². The first-order chi connectivity index (χ1) is 6.72. The van der Waals surface area contributed by atoms with Crippen LogP contribution in [0.4, 0.5) is 0 Å². The van der Waals surface area contributed by atoms with Crippen LogP contribution in [-0.2, 0) is 0 Å². The molecule has 0 radical (unpaired) electrons. The van der Waals surface area contributed by atoms with Gasteiger partial charge in [-0.1, -0.05) is 36.2 Å². The van der Waals surface area contributed by atoms with Gasteiger partial charge in [-0.15, -0.1) is 34.8 Å². The third kappa shape index (κ3) is 7.99. The SMILES string of the molecule is ClC=CC=CC(Cl)C(Cl)CCCCCl. The minimum absolute atomic E-state index is 0.0418. The van der Waals surface area contributed by atoms with Gasteiger partial charge in [-0.2, -0.15) is 0 Å². The maximum absolute atomic E-state index is 6.06. The van der Waals surface area contributed by atoms with Crippen LogP contribution in [0.1, 0.15) is 19.3 Å². The maximum Gasteiger partial charge on any atom is 0.0682 e. The Labute approximate surface area is 106 Å². The highest BCUT2D eigenvalue weighted by Crippen LogP contribution is 2.18. The Hall–Kier alpha value is 0.640. The van der Waals surface area contributed by atoms with Gasteiger partial charge >= 0.3 is 0 Å². The van der Waals surface area contributed by atoms with Gasteiger partial charge in [-0.25, -0.2) is 0 Å². The minimum atomic E-state index is -0.153. The molecule has 0 aromatic carbocycles. The van der Waals surface area contributed by atoms with Gasteiger partial charge in [0.25, 0.3) is 0 Å². The lowest BCUT2D eigenvalue weighted by Gasteiger charge is -2.11. The Kier molecular flexibility index (Phi) is 10.6. The summed E-state index contributed by atoms with van der Waals surface area (Å²) in [5.74, 6) is 0.682. The molecule has 4 heteroatoms. The summed E-state index contributed by atoms with van der Waals surface area (Å²) in [7, 11) is 0. The van der Waals surface area contributed by atoms with Gasteiger partial charge in [0, 0.05) is 11.4 Å². The summed E-state index contributed by atoms with van der Waals surface area (Å²) in [5.41, 5.74) is 1.43. The lowest BCUT2D eigenvalue weighted by Crippen LogP contribution is -2.12. The molecule has 0 aromatic rings. The van der Waals surface area contributed by atoms with Gasteiger partial charge in [0.2, 0.25) is 0 Å². The smallest absolute Gasteiger partial charge is 0.0682 e. The zero-order valence-electron chi connectivity index (χ0n) is 7.80. The molecule has 0 aliphatic rings. The van der Waals surface area contributed by atoms with Crippen molar-refractivity contribution in [3.63, 3.8) is 0 Å². The highest BCUT2D eigenvalue weighted by molar-refractivity contribution is 6.30. The van der Waals surface area contributed by atoms with Gasteiger partial charge in [0.1, 0.15) is 0 Å². The number of unbranched alkanes of at least 4 members (excludes halogenated alkanes) is 1. The van der Waals surface area contributed by atoms with Crippen LogP contribution < -0.4 is 0 Å². The van der Waals surface area contributed by atoms with Gasteiger partial charge in [0.05, 0.1) is 10.8 Å². The van der Waals surface area contributed by atoms with Crippen molar-refractivity contribution >= 4 is 46.4 Å². The van der Waals surface area contributed by atoms with Crippen molar-refractivity contribution in [1.29, 1.82) is 0 Å². The molecule has 14 heavy (non-hydrogen) atoms. The van der Waals surface area contributed by atoms with Crippen molar-refractivity contribution in [2.45, 2.75) is 30.0 Å². The molecular formula is C10H14Cl4. The van der Waals surface area contributed by atoms with Crippen molar-refractivity contribution in [3.8, 4) is 0 Å². The number of halogens is 4. The molecule has 0 rings (SSSR count). The average Bonchev–Trinajstić information content (AvgIpc) is 2.18. The number of rotatable bonds is 7. The van der Waals surface area contributed by atoms with Crippen molar-refractivity contribution < 1.29 is 0 Å². The largest absolute Gasteiger partial charge is 0.127 e. The summed E-state index contributed by atoms with van der Waals surface area (Å²) in [6.07, 6.45) is 8.22. The van der Waals surface area contributed by atoms with E-state index < -0.39 is 0 Å². The standard InChI is InChI=1S/C10H14Cl4/c11-7-3-1-5-9(13)10(14)6-2-4-8-12/h1,3,5,7,9-10H,2,4,6,8H2. The van der Waals surface area contributed by atoms with E-state index in [1.807, 2.05) is 6.08 Å². The van der Waals surface area contributed by atoms with E-state index in [-0.39, 0.29) is 10.8 Å². The molecule has 0 fully saturated rings. The summed E-state index contributed by atoms with van der Waals surface area (Å²) in [4.78, 5) is 0. The van der Waals surface area contributed by atoms with E-state index in [0.717, 1.165) is 19.3 Å². The third-order valence-corrected chi connectivity index (χ3v) is 3.17. The number of allylic oxidation sites excluding steroid dienone is 3. The van der Waals surface area contributed by atoms with Crippen LogP contribution in [0.25, 0.3) is 0 Å². The highest BCUT2D eigenvalue weighted by Gasteiger charge is 2.12. The van der Waals surface area contributed by atoms with Gasteiger partial charge in [-0.05, 0) is 12.8 Å². The average molecular weight is 276 g/mol. The van der Waals surface area contributed by atoms with E-state index in [9.17, 15) is 0 Å². The van der Waals surface area contributed by atoms with E-state index in [1.165, 1.54) is 5.54 Å². The zero-order chi connectivity index (χ0) is 10.8. The van der Waals surface area contributed by atoms with Crippen LogP contribution >= 0.6 is 46.4 Å². The molecule has 0 aliphatic carbocycles. The molecular weight excluding hydrogens is 262 g/mol. The van der Waals surface area contributed by atoms with Crippen molar-refractivity contribution in [1.82, 2.24) is 0 Å². The van der Waals surface area contributed by atoms with Gasteiger partial charge in [-0.3, -0.25) is 0 Å². The second-order valence-electron chi connectivity index (χ2n) is 2.85. The summed E-state index contributed by atoms with van der Waals surface area (Å²) < 4.78 is 0. The quantitative estimate of drug-likeness (QED) is 0.352. The second kappa shape index (κ2) is 10.2. The predicted molar refractivity (Wildman–Crippen MR) is 68.0 cm³/mol. The summed E-state index contributed by atoms with van der Waals surface area (Å²) in [5, 5.41) is -0.195. The Morgan fingerprint density at radius 1 is 1.07 bits per heavy atom. The van der Waals surface area contributed by atoms with Crippen LogP contribution in [0.5, 0.6) is 0 Å². The molecule has 0 spiro atoms. The molecule has 82 valence electrons. The van der Waals surface area contributed by atoms with Crippen molar-refractivity contribution in [2.24, 2.45) is 0 Å². The second-order valence-corrected chi connectivity index (χ2v) is 4.54. The molecule has 2 atom stereocenters. The maximum atomic E-state index is 6.06. The normalized spacial score (nSPS) is 16.6. The molecule has 0 bridgehead atoms. The topological polar surface area (TPSA) is 0 Å². The molecule has 0 aromatic heterocycles. The lowest BCUT2D eigenvalue weighted by atomic mass is 10.1. The lowest BCUT2D eigenvalue weighted by molar-refractivity contribution is 0.687. The Morgan fingerprint density at radius 3 is 2.36 bits per heavy atom. The van der Waals surface area contributed by atoms with Crippen LogP contribution in [0, 0.1) is 0 Å². The Balaban J connectivity index is 3.69. The third-order valence-electron chi connectivity index (χ3n) is 1.69. The zero-order valence-corrected chi connectivity index (χ0v) is 10.8. The predicted octanol–water partition coefficient (Wildman–Crippen LogP) is 4.92. The van der Waals surface area contributed by atoms with E-state index in [2.05, 4.69) is 0 Å². The molecule has 0 amide bonds. The molecule has 0 heterocycles.